The summed E-state index contributed by atoms with van der Waals surface area (Å²) in [5.41, 5.74) is -0.0894. The minimum Gasteiger partial charge on any atom is -0.459 e. The summed E-state index contributed by atoms with van der Waals surface area (Å²) in [4.78, 5) is 24.6. The van der Waals surface area contributed by atoms with Crippen molar-refractivity contribution in [3.63, 3.8) is 0 Å². The molecule has 176 valence electrons. The molecule has 0 bridgehead atoms. The number of carbonyl (C=O) groups excluding carboxylic acids is 2. The first-order valence-electron chi connectivity index (χ1n) is 9.76. The molecule has 33 heavy (non-hydrogen) atoms. The molecule has 0 spiro atoms. The van der Waals surface area contributed by atoms with Crippen molar-refractivity contribution in [1.82, 2.24) is 5.32 Å². The number of hydrogen-bond acceptors (Lipinski definition) is 6. The molecule has 7 nitrogen and oxygen atoms in total. The maximum absolute atomic E-state index is 13.6. The van der Waals surface area contributed by atoms with E-state index in [0.29, 0.717) is 15.6 Å². The van der Waals surface area contributed by atoms with Gasteiger partial charge in [0.1, 0.15) is 12.1 Å². The highest BCUT2D eigenvalue weighted by Crippen LogP contribution is 2.33. The fourth-order valence-corrected chi connectivity index (χ4v) is 6.19. The monoisotopic (exact) mass is 528 g/mol. The Labute approximate surface area is 206 Å². The second kappa shape index (κ2) is 9.50. The lowest BCUT2D eigenvalue weighted by molar-refractivity contribution is -0.152. The van der Waals surface area contributed by atoms with Crippen LogP contribution in [-0.2, 0) is 19.6 Å². The topological polar surface area (TPSA) is 92.8 Å². The number of amides is 1. The Hall–Kier alpha value is -2.33. The zero-order chi connectivity index (χ0) is 24.6. The maximum Gasteiger partial charge on any atom is 0.327 e. The number of carbonyl (C=O) groups is 2. The van der Waals surface area contributed by atoms with E-state index in [1.54, 1.807) is 38.3 Å². The van der Waals surface area contributed by atoms with Crippen molar-refractivity contribution in [2.45, 2.75) is 31.3 Å². The summed E-state index contributed by atoms with van der Waals surface area (Å²) in [5.74, 6) is -0.975. The summed E-state index contributed by atoms with van der Waals surface area (Å²) < 4.78 is 34.1. The van der Waals surface area contributed by atoms with E-state index in [1.165, 1.54) is 42.6 Å². The van der Waals surface area contributed by atoms with Gasteiger partial charge in [0.05, 0.1) is 16.1 Å². The van der Waals surface area contributed by atoms with E-state index in [1.807, 2.05) is 0 Å². The van der Waals surface area contributed by atoms with E-state index in [2.05, 4.69) is 5.32 Å². The molecule has 0 atom stereocenters. The van der Waals surface area contributed by atoms with Crippen LogP contribution in [0.4, 0.5) is 5.69 Å². The van der Waals surface area contributed by atoms with Gasteiger partial charge in [-0.1, -0.05) is 29.3 Å². The predicted molar refractivity (Wildman–Crippen MR) is 132 cm³/mol. The van der Waals surface area contributed by atoms with Crippen LogP contribution in [0.25, 0.3) is 10.1 Å². The zero-order valence-corrected chi connectivity index (χ0v) is 21.5. The van der Waals surface area contributed by atoms with Gasteiger partial charge in [-0.05, 0) is 51.1 Å². The first-order chi connectivity index (χ1) is 15.3. The van der Waals surface area contributed by atoms with E-state index in [4.69, 9.17) is 27.9 Å². The van der Waals surface area contributed by atoms with Gasteiger partial charge in [0.15, 0.2) is 0 Å². The quantitative estimate of drug-likeness (QED) is 0.449. The number of sulfonamides is 1. The Bertz CT molecular complexity index is 1310. The molecule has 0 aliphatic carbocycles. The molecular weight excluding hydrogens is 507 g/mol. The van der Waals surface area contributed by atoms with Crippen LogP contribution < -0.4 is 9.62 Å². The van der Waals surface area contributed by atoms with Gasteiger partial charge in [-0.15, -0.1) is 11.3 Å². The van der Waals surface area contributed by atoms with Gasteiger partial charge in [-0.2, -0.15) is 0 Å². The highest BCUT2D eigenvalue weighted by atomic mass is 35.5. The molecule has 3 aromatic rings. The number of nitrogens with one attached hydrogen (secondary N) is 1. The Morgan fingerprint density at radius 1 is 1.09 bits per heavy atom. The number of fused-ring (bicyclic) bond motifs is 1. The smallest absolute Gasteiger partial charge is 0.327 e. The lowest BCUT2D eigenvalue weighted by Gasteiger charge is -2.26. The van der Waals surface area contributed by atoms with Crippen molar-refractivity contribution in [1.29, 1.82) is 0 Å². The third kappa shape index (κ3) is 5.78. The maximum atomic E-state index is 13.6. The summed E-state index contributed by atoms with van der Waals surface area (Å²) in [6, 6.07) is 8.74. The summed E-state index contributed by atoms with van der Waals surface area (Å²) >= 11 is 13.3. The van der Waals surface area contributed by atoms with Gasteiger partial charge in [-0.25, -0.2) is 8.42 Å². The van der Waals surface area contributed by atoms with Crippen LogP contribution in [0.2, 0.25) is 10.0 Å². The number of anilines is 1. The van der Waals surface area contributed by atoms with E-state index in [9.17, 15) is 18.0 Å². The highest BCUT2D eigenvalue weighted by Gasteiger charge is 2.30. The van der Waals surface area contributed by atoms with Gasteiger partial charge in [0, 0.05) is 32.6 Å². The van der Waals surface area contributed by atoms with Crippen molar-refractivity contribution in [3.8, 4) is 0 Å². The second-order valence-corrected chi connectivity index (χ2v) is 11.8. The Morgan fingerprint density at radius 2 is 1.73 bits per heavy atom. The van der Waals surface area contributed by atoms with Crippen LogP contribution >= 0.6 is 34.5 Å². The van der Waals surface area contributed by atoms with Crippen molar-refractivity contribution in [2.75, 3.05) is 17.9 Å². The van der Waals surface area contributed by atoms with Crippen LogP contribution in [0, 0.1) is 0 Å². The Kier molecular flexibility index (Phi) is 7.28. The fraction of sp³-hybridized carbons (Fsp3) is 0.273. The van der Waals surface area contributed by atoms with Crippen LogP contribution in [0.1, 0.15) is 31.1 Å². The molecule has 0 saturated carbocycles. The molecule has 1 heterocycles. The Balaban J connectivity index is 2.12. The summed E-state index contributed by atoms with van der Waals surface area (Å²) in [7, 11) is -2.71. The first kappa shape index (κ1) is 25.3. The van der Waals surface area contributed by atoms with Crippen LogP contribution in [0.15, 0.2) is 46.7 Å². The summed E-state index contributed by atoms with van der Waals surface area (Å²) in [6.07, 6.45) is 0. The highest BCUT2D eigenvalue weighted by molar-refractivity contribution is 7.92. The number of thiophene rings is 1. The molecule has 0 radical (unpaired) electrons. The number of esters is 1. The first-order valence-corrected chi connectivity index (χ1v) is 12.8. The molecule has 0 saturated heterocycles. The minimum absolute atomic E-state index is 0.141. The van der Waals surface area contributed by atoms with E-state index in [0.717, 1.165) is 4.31 Å². The molecule has 0 fully saturated rings. The van der Waals surface area contributed by atoms with E-state index < -0.39 is 28.1 Å². The van der Waals surface area contributed by atoms with Crippen molar-refractivity contribution < 1.29 is 22.7 Å². The lowest BCUT2D eigenvalue weighted by atomic mass is 10.1. The molecule has 0 aliphatic rings. The van der Waals surface area contributed by atoms with E-state index >= 15 is 0 Å². The van der Waals surface area contributed by atoms with Crippen LogP contribution in [0.5, 0.6) is 0 Å². The molecular formula is C22H22Cl2N2O5S2. The Morgan fingerprint density at radius 3 is 2.30 bits per heavy atom. The number of ether oxygens (including phenoxy) is 1. The number of rotatable bonds is 6. The van der Waals surface area contributed by atoms with Gasteiger partial charge in [-0.3, -0.25) is 13.9 Å². The lowest BCUT2D eigenvalue weighted by Crippen LogP contribution is -2.39. The average Bonchev–Trinajstić information content (AvgIpc) is 3.12. The van der Waals surface area contributed by atoms with Crippen LogP contribution in [0.3, 0.4) is 0 Å². The zero-order valence-electron chi connectivity index (χ0n) is 18.3. The molecule has 11 heteroatoms. The predicted octanol–water partition coefficient (Wildman–Crippen LogP) is 5.10. The molecule has 2 aromatic carbocycles. The molecule has 1 aromatic heterocycles. The number of nitrogens with zero attached hydrogens (tertiary/aromatic N) is 1. The van der Waals surface area contributed by atoms with Crippen LogP contribution in [-0.4, -0.2) is 39.5 Å². The number of halogens is 2. The average molecular weight is 529 g/mol. The molecule has 0 unspecified atom stereocenters. The molecule has 3 rings (SSSR count). The van der Waals surface area contributed by atoms with Crippen molar-refractivity contribution in [3.05, 3.63) is 57.4 Å². The van der Waals surface area contributed by atoms with Gasteiger partial charge in [0.2, 0.25) is 0 Å². The molecule has 0 aliphatic heterocycles. The van der Waals surface area contributed by atoms with E-state index in [-0.39, 0.29) is 26.5 Å². The standard InChI is InChI=1S/C22H22Cl2N2O5S2/c1-22(2,3)31-20(27)11-26(33(29,30)16-8-13(23)7-14(24)9-16)15-5-6-17-18(21(28)25-4)12-32-19(17)10-15/h5-10,12H,11H2,1-4H3,(H,25,28). The minimum atomic E-state index is -4.24. The molecule has 1 N–H and O–H groups in total. The van der Waals surface area contributed by atoms with Gasteiger partial charge >= 0.3 is 5.97 Å². The SMILES string of the molecule is CNC(=O)c1csc2cc(N(CC(=O)OC(C)(C)C)S(=O)(=O)c3cc(Cl)cc(Cl)c3)ccc12. The molecule has 1 amide bonds. The fourth-order valence-electron chi connectivity index (χ4n) is 3.09. The summed E-state index contributed by atoms with van der Waals surface area (Å²) in [5, 5.41) is 5.22. The summed E-state index contributed by atoms with van der Waals surface area (Å²) in [6.45, 7) is 4.51. The number of benzene rings is 2. The normalized spacial score (nSPS) is 11.9. The largest absolute Gasteiger partial charge is 0.459 e. The number of hydrogen-bond donors (Lipinski definition) is 1. The van der Waals surface area contributed by atoms with Crippen molar-refractivity contribution in [2.24, 2.45) is 0 Å². The third-order valence-corrected chi connectivity index (χ3v) is 7.57. The second-order valence-electron chi connectivity index (χ2n) is 8.11. The third-order valence-electron chi connectivity index (χ3n) is 4.44. The van der Waals surface area contributed by atoms with Gasteiger partial charge in [0.25, 0.3) is 15.9 Å². The van der Waals surface area contributed by atoms with Gasteiger partial charge < -0.3 is 10.1 Å². The van der Waals surface area contributed by atoms with Crippen molar-refractivity contribution >= 4 is 72.2 Å².